The zero-order chi connectivity index (χ0) is 23.8. The summed E-state index contributed by atoms with van der Waals surface area (Å²) in [6.07, 6.45) is 10.5. The number of nitrogens with one attached hydrogen (secondary N) is 3. The molecule has 3 amide bonds. The van der Waals surface area contributed by atoms with Crippen molar-refractivity contribution < 1.29 is 19.6 Å². The second-order valence-electron chi connectivity index (χ2n) is 10.8. The van der Waals surface area contributed by atoms with E-state index in [1.54, 1.807) is 5.48 Å². The lowest BCUT2D eigenvalue weighted by Crippen LogP contribution is -2.50. The molecule has 0 aromatic rings. The summed E-state index contributed by atoms with van der Waals surface area (Å²) in [5.41, 5.74) is 1.64. The van der Waals surface area contributed by atoms with E-state index in [-0.39, 0.29) is 24.2 Å². The Hall–Kier alpha value is -1.67. The molecule has 0 aromatic carbocycles. The van der Waals surface area contributed by atoms with Crippen LogP contribution in [0.5, 0.6) is 0 Å². The predicted molar refractivity (Wildman–Crippen MR) is 126 cm³/mol. The van der Waals surface area contributed by atoms with Crippen LogP contribution < -0.4 is 16.1 Å². The van der Waals surface area contributed by atoms with Gasteiger partial charge in [0.1, 0.15) is 6.04 Å². The first-order valence-electron chi connectivity index (χ1n) is 13.1. The molecule has 3 aliphatic rings. The van der Waals surface area contributed by atoms with E-state index < -0.39 is 17.9 Å². The van der Waals surface area contributed by atoms with Gasteiger partial charge in [0.15, 0.2) is 0 Å². The molecule has 3 fully saturated rings. The lowest BCUT2D eigenvalue weighted by atomic mass is 9.77. The summed E-state index contributed by atoms with van der Waals surface area (Å²) < 4.78 is 0. The van der Waals surface area contributed by atoms with E-state index in [1.165, 1.54) is 38.5 Å². The normalized spacial score (nSPS) is 31.9. The fourth-order valence-electron chi connectivity index (χ4n) is 6.30. The molecular formula is C25H44N4O4. The topological polar surface area (TPSA) is 111 Å². The Morgan fingerprint density at radius 3 is 2.64 bits per heavy atom. The molecule has 0 radical (unpaired) electrons. The Morgan fingerprint density at radius 2 is 1.88 bits per heavy atom. The Morgan fingerprint density at radius 1 is 1.12 bits per heavy atom. The smallest absolute Gasteiger partial charge is 0.244 e. The standard InChI is InChI=1S/C25H44N4O4/c1-17(2)13-18(15-23(30)28-33)24(31)27-21-14-19-16-29(22-10-6-5-9-20(19)22)12-8-4-3-7-11-26-25(21)32/h17-22,33H,3-16H2,1-2H3,(H,26,32)(H,27,31)(H,28,30)/t18-,19?,20?,21+,22?/m1/s1. The van der Waals surface area contributed by atoms with Gasteiger partial charge in [0, 0.05) is 31.5 Å². The van der Waals surface area contributed by atoms with Gasteiger partial charge in [0.2, 0.25) is 17.7 Å². The molecule has 1 aliphatic carbocycles. The average molecular weight is 465 g/mol. The summed E-state index contributed by atoms with van der Waals surface area (Å²) in [5.74, 6) is -0.316. The minimum absolute atomic E-state index is 0.0865. The van der Waals surface area contributed by atoms with Gasteiger partial charge < -0.3 is 10.6 Å². The number of hydroxylamine groups is 1. The first-order valence-corrected chi connectivity index (χ1v) is 13.1. The van der Waals surface area contributed by atoms with Crippen molar-refractivity contribution in [2.24, 2.45) is 23.7 Å². The first kappa shape index (κ1) is 25.9. The van der Waals surface area contributed by atoms with Crippen LogP contribution >= 0.6 is 0 Å². The number of fused-ring (bicyclic) bond motifs is 5. The molecule has 0 aromatic heterocycles. The minimum atomic E-state index is -0.586. The van der Waals surface area contributed by atoms with Crippen LogP contribution in [0, 0.1) is 23.7 Å². The maximum atomic E-state index is 13.2. The number of rotatable bonds is 6. The highest BCUT2D eigenvalue weighted by Crippen LogP contribution is 2.42. The highest BCUT2D eigenvalue weighted by Gasteiger charge is 2.44. The molecule has 2 heterocycles. The number of carbonyl (C=O) groups excluding carboxylic acids is 3. The fraction of sp³-hybridized carbons (Fsp3) is 0.880. The number of hydrogen-bond acceptors (Lipinski definition) is 5. The van der Waals surface area contributed by atoms with E-state index in [9.17, 15) is 14.4 Å². The summed E-state index contributed by atoms with van der Waals surface area (Å²) >= 11 is 0. The van der Waals surface area contributed by atoms with E-state index in [4.69, 9.17) is 5.21 Å². The maximum absolute atomic E-state index is 13.2. The summed E-state index contributed by atoms with van der Waals surface area (Å²) in [5, 5.41) is 15.0. The SMILES string of the molecule is CC(C)C[C@H](CC(=O)NO)C(=O)N[C@H]1CC2CN(CCCCCCNC1=O)C1CCCCC21. The highest BCUT2D eigenvalue weighted by atomic mass is 16.5. The monoisotopic (exact) mass is 464 g/mol. The molecule has 188 valence electrons. The molecule has 0 spiro atoms. The average Bonchev–Trinajstić information content (AvgIpc) is 3.14. The van der Waals surface area contributed by atoms with Crippen LogP contribution in [-0.2, 0) is 14.4 Å². The van der Waals surface area contributed by atoms with Crippen LogP contribution in [0.15, 0.2) is 0 Å². The van der Waals surface area contributed by atoms with Crippen molar-refractivity contribution in [3.05, 3.63) is 0 Å². The van der Waals surface area contributed by atoms with Crippen molar-refractivity contribution >= 4 is 17.7 Å². The molecule has 33 heavy (non-hydrogen) atoms. The van der Waals surface area contributed by atoms with E-state index >= 15 is 0 Å². The first-order chi connectivity index (χ1) is 15.9. The molecule has 2 aliphatic heterocycles. The van der Waals surface area contributed by atoms with Crippen LogP contribution in [0.3, 0.4) is 0 Å². The van der Waals surface area contributed by atoms with E-state index in [0.29, 0.717) is 37.3 Å². The summed E-state index contributed by atoms with van der Waals surface area (Å²) in [7, 11) is 0. The molecule has 4 N–H and O–H groups in total. The van der Waals surface area contributed by atoms with Gasteiger partial charge in [-0.25, -0.2) is 5.48 Å². The van der Waals surface area contributed by atoms with E-state index in [1.807, 2.05) is 13.8 Å². The van der Waals surface area contributed by atoms with Gasteiger partial charge >= 0.3 is 0 Å². The van der Waals surface area contributed by atoms with Crippen LogP contribution in [0.1, 0.15) is 84.5 Å². The molecule has 8 nitrogen and oxygen atoms in total. The lowest BCUT2D eigenvalue weighted by molar-refractivity contribution is -0.136. The Balaban J connectivity index is 1.75. The van der Waals surface area contributed by atoms with Gasteiger partial charge in [-0.15, -0.1) is 0 Å². The maximum Gasteiger partial charge on any atom is 0.244 e. The van der Waals surface area contributed by atoms with Gasteiger partial charge in [0.05, 0.1) is 0 Å². The highest BCUT2D eigenvalue weighted by molar-refractivity contribution is 5.90. The summed E-state index contributed by atoms with van der Waals surface area (Å²) in [6.45, 7) is 6.78. The van der Waals surface area contributed by atoms with Crippen molar-refractivity contribution in [3.8, 4) is 0 Å². The molecular weight excluding hydrogens is 420 g/mol. The van der Waals surface area contributed by atoms with Crippen molar-refractivity contribution in [2.45, 2.75) is 96.6 Å². The Bertz CT molecular complexity index is 671. The minimum Gasteiger partial charge on any atom is -0.354 e. The van der Waals surface area contributed by atoms with Gasteiger partial charge in [-0.2, -0.15) is 0 Å². The van der Waals surface area contributed by atoms with Crippen molar-refractivity contribution in [3.63, 3.8) is 0 Å². The van der Waals surface area contributed by atoms with Gasteiger partial charge in [0.25, 0.3) is 0 Å². The zero-order valence-electron chi connectivity index (χ0n) is 20.5. The third-order valence-corrected chi connectivity index (χ3v) is 7.85. The number of nitrogens with zero attached hydrogens (tertiary/aromatic N) is 1. The molecule has 4 unspecified atom stereocenters. The fourth-order valence-corrected chi connectivity index (χ4v) is 6.30. The van der Waals surface area contributed by atoms with Crippen LogP contribution in [-0.4, -0.2) is 59.5 Å². The predicted octanol–water partition coefficient (Wildman–Crippen LogP) is 2.60. The van der Waals surface area contributed by atoms with Crippen LogP contribution in [0.4, 0.5) is 0 Å². The summed E-state index contributed by atoms with van der Waals surface area (Å²) in [4.78, 5) is 40.8. The van der Waals surface area contributed by atoms with Crippen LogP contribution in [0.25, 0.3) is 0 Å². The zero-order valence-corrected chi connectivity index (χ0v) is 20.5. The third kappa shape index (κ3) is 7.41. The lowest BCUT2D eigenvalue weighted by Gasteiger charge is -2.33. The van der Waals surface area contributed by atoms with Crippen molar-refractivity contribution in [2.75, 3.05) is 19.6 Å². The molecule has 6 atom stereocenters. The van der Waals surface area contributed by atoms with Gasteiger partial charge in [-0.05, 0) is 62.8 Å². The quantitative estimate of drug-likeness (QED) is 0.357. The van der Waals surface area contributed by atoms with Crippen molar-refractivity contribution in [1.29, 1.82) is 0 Å². The van der Waals surface area contributed by atoms with Gasteiger partial charge in [-0.1, -0.05) is 39.5 Å². The molecule has 3 rings (SSSR count). The van der Waals surface area contributed by atoms with Gasteiger partial charge in [-0.3, -0.25) is 24.5 Å². The second kappa shape index (κ2) is 12.7. The molecule has 1 saturated carbocycles. The molecule has 2 bridgehead atoms. The summed E-state index contributed by atoms with van der Waals surface area (Å²) in [6, 6.07) is 0.0330. The van der Waals surface area contributed by atoms with Crippen molar-refractivity contribution in [1.82, 2.24) is 21.0 Å². The van der Waals surface area contributed by atoms with E-state index in [2.05, 4.69) is 15.5 Å². The largest absolute Gasteiger partial charge is 0.354 e. The Labute approximate surface area is 198 Å². The molecule has 2 saturated heterocycles. The molecule has 8 heteroatoms. The van der Waals surface area contributed by atoms with E-state index in [0.717, 1.165) is 25.9 Å². The van der Waals surface area contributed by atoms with Crippen LogP contribution in [0.2, 0.25) is 0 Å². The second-order valence-corrected chi connectivity index (χ2v) is 10.8. The Kier molecular flexibility index (Phi) is 9.98. The number of amides is 3. The number of carbonyl (C=O) groups is 3. The number of hydrogen-bond donors (Lipinski definition) is 4. The third-order valence-electron chi connectivity index (χ3n) is 7.85.